The van der Waals surface area contributed by atoms with Crippen LogP contribution < -0.4 is 5.56 Å². The van der Waals surface area contributed by atoms with E-state index in [0.29, 0.717) is 11.0 Å². The fourth-order valence-electron chi connectivity index (χ4n) is 1.57. The number of halogens is 1. The zero-order chi connectivity index (χ0) is 10.4. The summed E-state index contributed by atoms with van der Waals surface area (Å²) in [7, 11) is 0. The van der Waals surface area contributed by atoms with E-state index in [0.717, 1.165) is 5.39 Å². The summed E-state index contributed by atoms with van der Waals surface area (Å²) >= 11 is 0. The van der Waals surface area contributed by atoms with Gasteiger partial charge in [-0.15, -0.1) is 0 Å². The molecule has 74 valence electrons. The lowest BCUT2D eigenvalue weighted by Crippen LogP contribution is -2.01. The quantitative estimate of drug-likeness (QED) is 0.535. The lowest BCUT2D eigenvalue weighted by Gasteiger charge is -1.93. The van der Waals surface area contributed by atoms with Crippen molar-refractivity contribution in [1.29, 1.82) is 0 Å². The van der Waals surface area contributed by atoms with Gasteiger partial charge in [-0.2, -0.15) is 9.37 Å². The first-order valence-corrected chi connectivity index (χ1v) is 4.27. The summed E-state index contributed by atoms with van der Waals surface area (Å²) in [5.41, 5.74) is 0.262. The van der Waals surface area contributed by atoms with E-state index in [9.17, 15) is 9.18 Å². The molecule has 0 aliphatic carbocycles. The number of H-pyrrole nitrogens is 2. The van der Waals surface area contributed by atoms with Crippen LogP contribution in [0.4, 0.5) is 4.39 Å². The molecule has 0 spiro atoms. The fourth-order valence-corrected chi connectivity index (χ4v) is 1.57. The Balaban J connectivity index is 2.73. The van der Waals surface area contributed by atoms with Crippen LogP contribution in [-0.2, 0) is 0 Å². The highest BCUT2D eigenvalue weighted by Gasteiger charge is 2.07. The van der Waals surface area contributed by atoms with E-state index in [1.54, 1.807) is 12.3 Å². The third-order valence-corrected chi connectivity index (χ3v) is 2.18. The molecule has 0 atom stereocenters. The molecule has 15 heavy (non-hydrogen) atoms. The van der Waals surface area contributed by atoms with Gasteiger partial charge in [-0.05, 0) is 6.07 Å². The number of nitrogens with one attached hydrogen (secondary N) is 2. The zero-order valence-electron chi connectivity index (χ0n) is 7.41. The van der Waals surface area contributed by atoms with Crippen LogP contribution in [0.5, 0.6) is 0 Å². The van der Waals surface area contributed by atoms with Crippen molar-refractivity contribution < 1.29 is 4.39 Å². The fraction of sp³-hybridized carbons (Fsp3) is 0. The Hall–Kier alpha value is -2.24. The van der Waals surface area contributed by atoms with E-state index in [2.05, 4.69) is 19.9 Å². The molecule has 3 aromatic heterocycles. The number of aromatic amines is 2. The molecule has 0 unspecified atom stereocenters. The van der Waals surface area contributed by atoms with Crippen molar-refractivity contribution in [2.45, 2.75) is 0 Å². The van der Waals surface area contributed by atoms with E-state index >= 15 is 0 Å². The minimum Gasteiger partial charge on any atom is -0.308 e. The molecule has 0 amide bonds. The molecule has 6 heteroatoms. The van der Waals surface area contributed by atoms with Gasteiger partial charge in [0.1, 0.15) is 5.65 Å². The molecule has 3 rings (SSSR count). The number of hydrogen-bond acceptors (Lipinski definition) is 3. The van der Waals surface area contributed by atoms with E-state index in [-0.39, 0.29) is 11.2 Å². The molecule has 0 saturated carbocycles. The molecule has 0 saturated heterocycles. The van der Waals surface area contributed by atoms with E-state index in [4.69, 9.17) is 0 Å². The lowest BCUT2D eigenvalue weighted by molar-refractivity contribution is 0.547. The van der Waals surface area contributed by atoms with Gasteiger partial charge in [-0.25, -0.2) is 4.98 Å². The summed E-state index contributed by atoms with van der Waals surface area (Å²) < 4.78 is 13.0. The van der Waals surface area contributed by atoms with E-state index in [1.165, 1.54) is 6.07 Å². The Bertz CT molecular complexity index is 715. The number of rotatable bonds is 0. The molecule has 3 aromatic rings. The predicted molar refractivity (Wildman–Crippen MR) is 52.0 cm³/mol. The second-order valence-corrected chi connectivity index (χ2v) is 3.14. The van der Waals surface area contributed by atoms with Crippen LogP contribution in [0.15, 0.2) is 23.1 Å². The van der Waals surface area contributed by atoms with Crippen LogP contribution in [0.2, 0.25) is 0 Å². The largest absolute Gasteiger partial charge is 0.308 e. The maximum absolute atomic E-state index is 13.0. The normalized spacial score (nSPS) is 11.3. The number of nitrogens with zero attached hydrogens (tertiary/aromatic N) is 2. The SMILES string of the molecule is O=c1ccc2cnc3nc(F)[nH]c([nH]1)c23. The molecule has 0 aromatic carbocycles. The van der Waals surface area contributed by atoms with Crippen LogP contribution in [0.1, 0.15) is 0 Å². The van der Waals surface area contributed by atoms with Crippen LogP contribution >= 0.6 is 0 Å². The molecule has 2 N–H and O–H groups in total. The zero-order valence-corrected chi connectivity index (χ0v) is 7.41. The second kappa shape index (κ2) is 2.63. The summed E-state index contributed by atoms with van der Waals surface area (Å²) in [6.45, 7) is 0. The summed E-state index contributed by atoms with van der Waals surface area (Å²) in [5, 5.41) is 1.36. The molecule has 3 heterocycles. The maximum Gasteiger partial charge on any atom is 0.290 e. The first kappa shape index (κ1) is 8.10. The Morgan fingerprint density at radius 3 is 3.00 bits per heavy atom. The van der Waals surface area contributed by atoms with Crippen molar-refractivity contribution in [2.24, 2.45) is 0 Å². The Labute approximate surface area is 82.0 Å². The van der Waals surface area contributed by atoms with Gasteiger partial charge in [0, 0.05) is 17.6 Å². The number of hydrogen-bond donors (Lipinski definition) is 2. The molecule has 5 nitrogen and oxygen atoms in total. The van der Waals surface area contributed by atoms with E-state index in [1.807, 2.05) is 0 Å². The van der Waals surface area contributed by atoms with Gasteiger partial charge in [-0.1, -0.05) is 0 Å². The maximum atomic E-state index is 13.0. The molecule has 0 aliphatic heterocycles. The van der Waals surface area contributed by atoms with Gasteiger partial charge >= 0.3 is 0 Å². The average molecular weight is 204 g/mol. The molecular weight excluding hydrogens is 199 g/mol. The van der Waals surface area contributed by atoms with Crippen molar-refractivity contribution in [2.75, 3.05) is 0 Å². The Kier molecular flexibility index (Phi) is 1.42. The number of aromatic nitrogens is 4. The van der Waals surface area contributed by atoms with Gasteiger partial charge in [0.05, 0.1) is 5.39 Å². The standard InChI is InChI=1S/C9H5FN4O/c10-9-13-7-6-4(3-11-7)1-2-5(15)12-8(6)14-9/h1-3H,(H2,11,12,13,14,15). The van der Waals surface area contributed by atoms with Gasteiger partial charge in [0.25, 0.3) is 6.08 Å². The highest BCUT2D eigenvalue weighted by atomic mass is 19.1. The Morgan fingerprint density at radius 2 is 2.13 bits per heavy atom. The first-order valence-electron chi connectivity index (χ1n) is 4.27. The highest BCUT2D eigenvalue weighted by molar-refractivity contribution is 6.03. The van der Waals surface area contributed by atoms with Gasteiger partial charge in [0.15, 0.2) is 5.65 Å². The smallest absolute Gasteiger partial charge is 0.290 e. The topological polar surface area (TPSA) is 74.4 Å². The molecular formula is C9H5FN4O. The minimum absolute atomic E-state index is 0.281. The third-order valence-electron chi connectivity index (χ3n) is 2.18. The van der Waals surface area contributed by atoms with Gasteiger partial charge in [-0.3, -0.25) is 4.79 Å². The predicted octanol–water partition coefficient (Wildman–Crippen LogP) is 0.938. The van der Waals surface area contributed by atoms with Gasteiger partial charge in [0.2, 0.25) is 5.56 Å². The molecule has 0 radical (unpaired) electrons. The van der Waals surface area contributed by atoms with Crippen molar-refractivity contribution in [3.63, 3.8) is 0 Å². The monoisotopic (exact) mass is 204 g/mol. The molecule has 0 aliphatic rings. The van der Waals surface area contributed by atoms with Crippen LogP contribution in [0.3, 0.4) is 0 Å². The first-order chi connectivity index (χ1) is 7.24. The van der Waals surface area contributed by atoms with Crippen LogP contribution in [0.25, 0.3) is 22.1 Å². The molecule has 0 bridgehead atoms. The minimum atomic E-state index is -0.774. The second-order valence-electron chi connectivity index (χ2n) is 3.14. The summed E-state index contributed by atoms with van der Waals surface area (Å²) in [6.07, 6.45) is 0.773. The molecule has 0 fully saturated rings. The summed E-state index contributed by atoms with van der Waals surface area (Å²) in [4.78, 5) is 23.6. The third kappa shape index (κ3) is 1.11. The summed E-state index contributed by atoms with van der Waals surface area (Å²) in [6, 6.07) is 2.98. The van der Waals surface area contributed by atoms with Crippen molar-refractivity contribution >= 4 is 22.1 Å². The van der Waals surface area contributed by atoms with Crippen LogP contribution in [0, 0.1) is 6.08 Å². The lowest BCUT2D eigenvalue weighted by atomic mass is 10.3. The van der Waals surface area contributed by atoms with E-state index < -0.39 is 6.08 Å². The van der Waals surface area contributed by atoms with Crippen molar-refractivity contribution in [3.8, 4) is 0 Å². The van der Waals surface area contributed by atoms with Gasteiger partial charge < -0.3 is 9.97 Å². The highest BCUT2D eigenvalue weighted by Crippen LogP contribution is 2.19. The summed E-state index contributed by atoms with van der Waals surface area (Å²) in [5.74, 6) is 0. The average Bonchev–Trinajstić information content (AvgIpc) is 2.50. The van der Waals surface area contributed by atoms with Crippen molar-refractivity contribution in [3.05, 3.63) is 34.8 Å². The Morgan fingerprint density at radius 1 is 1.27 bits per heavy atom. The van der Waals surface area contributed by atoms with Crippen LogP contribution in [-0.4, -0.2) is 19.9 Å². The van der Waals surface area contributed by atoms with Crippen molar-refractivity contribution in [1.82, 2.24) is 19.9 Å².